The van der Waals surface area contributed by atoms with Gasteiger partial charge < -0.3 is 10.6 Å². The molecule has 1 amide bonds. The van der Waals surface area contributed by atoms with E-state index < -0.39 is 4.92 Å². The van der Waals surface area contributed by atoms with Gasteiger partial charge in [0.25, 0.3) is 0 Å². The molecule has 0 aromatic carbocycles. The summed E-state index contributed by atoms with van der Waals surface area (Å²) in [4.78, 5) is 29.0. The van der Waals surface area contributed by atoms with Gasteiger partial charge in [-0.15, -0.1) is 0 Å². The number of anilines is 1. The molecule has 1 aromatic heterocycles. The molecule has 0 bridgehead atoms. The number of nitro groups is 1. The van der Waals surface area contributed by atoms with E-state index in [1.165, 1.54) is 0 Å². The van der Waals surface area contributed by atoms with Gasteiger partial charge in [0.15, 0.2) is 0 Å². The zero-order chi connectivity index (χ0) is 14.5. The number of aromatic nitrogens is 2. The fraction of sp³-hybridized carbons (Fsp3) is 0.545. The van der Waals surface area contributed by atoms with Gasteiger partial charge in [-0.2, -0.15) is 0 Å². The van der Waals surface area contributed by atoms with Gasteiger partial charge in [0.1, 0.15) is 6.33 Å². The summed E-state index contributed by atoms with van der Waals surface area (Å²) in [6, 6.07) is 0.345. The molecule has 1 aliphatic carbocycles. The van der Waals surface area contributed by atoms with Crippen LogP contribution in [0, 0.1) is 10.1 Å². The van der Waals surface area contributed by atoms with Crippen LogP contribution >= 0.6 is 11.6 Å². The maximum atomic E-state index is 11.4. The van der Waals surface area contributed by atoms with Crippen molar-refractivity contribution in [2.24, 2.45) is 0 Å². The van der Waals surface area contributed by atoms with Crippen molar-refractivity contribution in [3.05, 3.63) is 21.6 Å². The number of hydrogen-bond donors (Lipinski definition) is 2. The number of carbonyl (C=O) groups is 1. The minimum Gasteiger partial charge on any atom is -0.364 e. The number of amides is 1. The van der Waals surface area contributed by atoms with Crippen LogP contribution in [-0.4, -0.2) is 33.4 Å². The Kier molecular flexibility index (Phi) is 4.67. The van der Waals surface area contributed by atoms with E-state index in [0.29, 0.717) is 25.4 Å². The van der Waals surface area contributed by atoms with Gasteiger partial charge >= 0.3 is 5.69 Å². The fourth-order valence-corrected chi connectivity index (χ4v) is 1.83. The Labute approximate surface area is 120 Å². The lowest BCUT2D eigenvalue weighted by molar-refractivity contribution is -0.384. The topological polar surface area (TPSA) is 110 Å². The van der Waals surface area contributed by atoms with Crippen LogP contribution in [0.1, 0.15) is 25.7 Å². The molecule has 1 saturated carbocycles. The number of rotatable bonds is 7. The smallest absolute Gasteiger partial charge is 0.348 e. The fourth-order valence-electron chi connectivity index (χ4n) is 1.63. The van der Waals surface area contributed by atoms with Crippen molar-refractivity contribution < 1.29 is 9.72 Å². The van der Waals surface area contributed by atoms with Crippen LogP contribution < -0.4 is 10.6 Å². The van der Waals surface area contributed by atoms with Gasteiger partial charge in [0.2, 0.25) is 16.9 Å². The predicted molar refractivity (Wildman–Crippen MR) is 72.6 cm³/mol. The van der Waals surface area contributed by atoms with Crippen molar-refractivity contribution in [2.45, 2.75) is 31.7 Å². The molecule has 1 aromatic rings. The Morgan fingerprint density at radius 1 is 1.50 bits per heavy atom. The molecule has 0 spiro atoms. The third-order valence-corrected chi connectivity index (χ3v) is 3.05. The van der Waals surface area contributed by atoms with Gasteiger partial charge in [0.05, 0.1) is 4.92 Å². The van der Waals surface area contributed by atoms with Gasteiger partial charge in [-0.3, -0.25) is 14.9 Å². The summed E-state index contributed by atoms with van der Waals surface area (Å²) in [6.07, 6.45) is 4.18. The Morgan fingerprint density at radius 3 is 2.90 bits per heavy atom. The number of hydrogen-bond acceptors (Lipinski definition) is 6. The molecule has 9 heteroatoms. The highest BCUT2D eigenvalue weighted by Crippen LogP contribution is 2.28. The summed E-state index contributed by atoms with van der Waals surface area (Å²) in [5.41, 5.74) is -0.350. The molecule has 1 heterocycles. The summed E-state index contributed by atoms with van der Waals surface area (Å²) >= 11 is 5.65. The van der Waals surface area contributed by atoms with Crippen molar-refractivity contribution in [2.75, 3.05) is 11.9 Å². The summed E-state index contributed by atoms with van der Waals surface area (Å²) in [6.45, 7) is 0.395. The molecule has 0 saturated heterocycles. The minimum absolute atomic E-state index is 0.00418. The van der Waals surface area contributed by atoms with Crippen molar-refractivity contribution in [3.63, 3.8) is 0 Å². The highest BCUT2D eigenvalue weighted by Gasteiger charge is 2.23. The van der Waals surface area contributed by atoms with E-state index in [2.05, 4.69) is 20.6 Å². The van der Waals surface area contributed by atoms with E-state index in [4.69, 9.17) is 11.6 Å². The first-order valence-electron chi connectivity index (χ1n) is 6.26. The predicted octanol–water partition coefficient (Wildman–Crippen LogP) is 1.51. The molecule has 20 heavy (non-hydrogen) atoms. The molecule has 1 aliphatic rings. The summed E-state index contributed by atoms with van der Waals surface area (Å²) in [7, 11) is 0. The first-order valence-corrected chi connectivity index (χ1v) is 6.64. The van der Waals surface area contributed by atoms with Crippen LogP contribution in [0.3, 0.4) is 0 Å². The first kappa shape index (κ1) is 14.4. The number of nitrogens with one attached hydrogen (secondary N) is 2. The second-order valence-electron chi connectivity index (χ2n) is 4.49. The Hall–Kier alpha value is -1.96. The van der Waals surface area contributed by atoms with Crippen LogP contribution in [0.4, 0.5) is 11.5 Å². The lowest BCUT2D eigenvalue weighted by atomic mass is 10.3. The molecule has 2 N–H and O–H groups in total. The third-order valence-electron chi connectivity index (χ3n) is 2.78. The average molecular weight is 300 g/mol. The zero-order valence-electron chi connectivity index (χ0n) is 10.6. The molecule has 1 fully saturated rings. The van der Waals surface area contributed by atoms with Crippen LogP contribution in [0.25, 0.3) is 0 Å². The molecule has 8 nitrogen and oxygen atoms in total. The van der Waals surface area contributed by atoms with Gasteiger partial charge in [0, 0.05) is 19.0 Å². The molecule has 0 unspecified atom stereocenters. The van der Waals surface area contributed by atoms with Crippen LogP contribution in [0.15, 0.2) is 6.33 Å². The summed E-state index contributed by atoms with van der Waals surface area (Å²) in [5.74, 6) is 0.0714. The van der Waals surface area contributed by atoms with Gasteiger partial charge in [-0.1, -0.05) is 11.6 Å². The maximum absolute atomic E-state index is 11.4. The normalized spacial score (nSPS) is 13.8. The van der Waals surface area contributed by atoms with Crippen LogP contribution in [-0.2, 0) is 4.79 Å². The second kappa shape index (κ2) is 6.47. The highest BCUT2D eigenvalue weighted by atomic mass is 35.5. The maximum Gasteiger partial charge on any atom is 0.348 e. The lowest BCUT2D eigenvalue weighted by Crippen LogP contribution is -2.25. The van der Waals surface area contributed by atoms with E-state index in [1.807, 2.05) is 0 Å². The minimum atomic E-state index is -0.634. The monoisotopic (exact) mass is 299 g/mol. The van der Waals surface area contributed by atoms with Crippen LogP contribution in [0.2, 0.25) is 5.15 Å². The van der Waals surface area contributed by atoms with Crippen molar-refractivity contribution in [1.82, 2.24) is 15.3 Å². The quantitative estimate of drug-likeness (QED) is 0.342. The SMILES string of the molecule is O=C(CCCNc1ncnc(Cl)c1[N+](=O)[O-])NC1CC1. The first-order chi connectivity index (χ1) is 9.58. The van der Waals surface area contributed by atoms with Gasteiger partial charge in [-0.25, -0.2) is 9.97 Å². The Morgan fingerprint density at radius 2 is 2.25 bits per heavy atom. The average Bonchev–Trinajstić information content (AvgIpc) is 3.18. The Balaban J connectivity index is 1.80. The number of carbonyl (C=O) groups excluding carboxylic acids is 1. The number of nitrogens with zero attached hydrogens (tertiary/aromatic N) is 3. The largest absolute Gasteiger partial charge is 0.364 e. The molecule has 0 aliphatic heterocycles. The second-order valence-corrected chi connectivity index (χ2v) is 4.85. The molecule has 2 rings (SSSR count). The molecular formula is C11H14ClN5O3. The third kappa shape index (κ3) is 4.02. The van der Waals surface area contributed by atoms with E-state index in [-0.39, 0.29) is 22.6 Å². The highest BCUT2D eigenvalue weighted by molar-refractivity contribution is 6.31. The zero-order valence-corrected chi connectivity index (χ0v) is 11.4. The summed E-state index contributed by atoms with van der Waals surface area (Å²) in [5, 5.41) is 16.3. The lowest BCUT2D eigenvalue weighted by Gasteiger charge is -2.06. The van der Waals surface area contributed by atoms with E-state index in [9.17, 15) is 14.9 Å². The van der Waals surface area contributed by atoms with Gasteiger partial charge in [-0.05, 0) is 19.3 Å². The van der Waals surface area contributed by atoms with Crippen molar-refractivity contribution in [3.8, 4) is 0 Å². The molecule has 0 radical (unpaired) electrons. The van der Waals surface area contributed by atoms with Crippen LogP contribution in [0.5, 0.6) is 0 Å². The Bertz CT molecular complexity index is 521. The van der Waals surface area contributed by atoms with Crippen molar-refractivity contribution >= 4 is 29.0 Å². The van der Waals surface area contributed by atoms with E-state index in [1.54, 1.807) is 0 Å². The summed E-state index contributed by atoms with van der Waals surface area (Å²) < 4.78 is 0. The molecule has 0 atom stereocenters. The van der Waals surface area contributed by atoms with E-state index >= 15 is 0 Å². The van der Waals surface area contributed by atoms with E-state index in [0.717, 1.165) is 19.2 Å². The van der Waals surface area contributed by atoms with Crippen molar-refractivity contribution in [1.29, 1.82) is 0 Å². The molecule has 108 valence electrons. The molecular weight excluding hydrogens is 286 g/mol. The number of halogens is 1. The standard InChI is InChI=1S/C11H14ClN5O3/c12-10-9(17(19)20)11(15-6-14-10)13-5-1-2-8(18)16-7-3-4-7/h6-7H,1-5H2,(H,16,18)(H,13,14,15).